The van der Waals surface area contributed by atoms with Crippen LogP contribution in [0.3, 0.4) is 0 Å². The molecule has 2 rings (SSSR count). The lowest BCUT2D eigenvalue weighted by atomic mass is 10.1. The van der Waals surface area contributed by atoms with Gasteiger partial charge in [0.1, 0.15) is 5.75 Å². The normalized spacial score (nSPS) is 10.3. The number of aromatic hydroxyl groups is 1. The highest BCUT2D eigenvalue weighted by Crippen LogP contribution is 2.35. The molecule has 0 heterocycles. The number of hydrogen-bond acceptors (Lipinski definition) is 1. The quantitative estimate of drug-likeness (QED) is 0.818. The molecular formula is C12H8BrClO. The van der Waals surface area contributed by atoms with Crippen molar-refractivity contribution in [2.45, 2.75) is 0 Å². The van der Waals surface area contributed by atoms with Crippen molar-refractivity contribution in [3.05, 3.63) is 52.0 Å². The molecule has 0 aliphatic carbocycles. The molecule has 0 bridgehead atoms. The summed E-state index contributed by atoms with van der Waals surface area (Å²) < 4.78 is 0.690. The minimum Gasteiger partial charge on any atom is -0.506 e. The van der Waals surface area contributed by atoms with E-state index in [-0.39, 0.29) is 5.75 Å². The van der Waals surface area contributed by atoms with Crippen molar-refractivity contribution in [3.63, 3.8) is 0 Å². The zero-order valence-electron chi connectivity index (χ0n) is 7.74. The van der Waals surface area contributed by atoms with Crippen molar-refractivity contribution in [2.75, 3.05) is 0 Å². The molecule has 0 radical (unpaired) electrons. The minimum atomic E-state index is 0.250. The van der Waals surface area contributed by atoms with E-state index < -0.39 is 0 Å². The van der Waals surface area contributed by atoms with Gasteiger partial charge in [-0.25, -0.2) is 0 Å². The molecule has 0 fully saturated rings. The van der Waals surface area contributed by atoms with Crippen LogP contribution in [0, 0.1) is 0 Å². The van der Waals surface area contributed by atoms with Crippen LogP contribution >= 0.6 is 27.5 Å². The fraction of sp³-hybridized carbons (Fsp3) is 0. The predicted molar refractivity (Wildman–Crippen MR) is 66.3 cm³/mol. The number of phenolic OH excluding ortho intramolecular Hbond substituents is 1. The number of hydrogen-bond donors (Lipinski definition) is 1. The lowest BCUT2D eigenvalue weighted by molar-refractivity contribution is 0.474. The van der Waals surface area contributed by atoms with Gasteiger partial charge in [0, 0.05) is 10.6 Å². The topological polar surface area (TPSA) is 20.2 Å². The molecule has 0 aliphatic rings. The molecule has 0 saturated heterocycles. The summed E-state index contributed by atoms with van der Waals surface area (Å²) in [7, 11) is 0. The number of phenols is 1. The van der Waals surface area contributed by atoms with Gasteiger partial charge in [0.25, 0.3) is 0 Å². The van der Waals surface area contributed by atoms with Crippen LogP contribution in [0.25, 0.3) is 11.1 Å². The summed E-state index contributed by atoms with van der Waals surface area (Å²) in [6.07, 6.45) is 0. The van der Waals surface area contributed by atoms with Gasteiger partial charge in [-0.3, -0.25) is 0 Å². The minimum absolute atomic E-state index is 0.250. The average Bonchev–Trinajstić information content (AvgIpc) is 2.24. The predicted octanol–water partition coefficient (Wildman–Crippen LogP) is 4.48. The molecule has 1 nitrogen and oxygen atoms in total. The fourth-order valence-electron chi connectivity index (χ4n) is 1.38. The van der Waals surface area contributed by atoms with Gasteiger partial charge >= 0.3 is 0 Å². The lowest BCUT2D eigenvalue weighted by Crippen LogP contribution is -1.79. The van der Waals surface area contributed by atoms with Crippen LogP contribution in [0.5, 0.6) is 5.75 Å². The maximum atomic E-state index is 9.84. The number of halogens is 2. The monoisotopic (exact) mass is 282 g/mol. The molecule has 0 aliphatic heterocycles. The Kier molecular flexibility index (Phi) is 2.98. The molecule has 1 N–H and O–H groups in total. The second-order valence-corrected chi connectivity index (χ2v) is 4.43. The van der Waals surface area contributed by atoms with Crippen molar-refractivity contribution in [2.24, 2.45) is 0 Å². The Balaban J connectivity index is 2.54. The maximum absolute atomic E-state index is 9.84. The summed E-state index contributed by atoms with van der Waals surface area (Å²) in [5, 5.41) is 10.5. The first kappa shape index (κ1) is 10.5. The van der Waals surface area contributed by atoms with E-state index in [0.29, 0.717) is 9.50 Å². The molecule has 2 aromatic rings. The first-order valence-electron chi connectivity index (χ1n) is 4.42. The van der Waals surface area contributed by atoms with E-state index in [4.69, 9.17) is 11.6 Å². The first-order chi connectivity index (χ1) is 7.18. The molecule has 0 saturated carbocycles. The standard InChI is InChI=1S/C12H8BrClO/c13-11-3-1-2-10(12(11)15)8-4-6-9(14)7-5-8/h1-7,15H. The van der Waals surface area contributed by atoms with Gasteiger partial charge in [0.15, 0.2) is 0 Å². The fourth-order valence-corrected chi connectivity index (χ4v) is 1.87. The van der Waals surface area contributed by atoms with Gasteiger partial charge in [0.05, 0.1) is 4.47 Å². The van der Waals surface area contributed by atoms with Crippen molar-refractivity contribution in [1.29, 1.82) is 0 Å². The van der Waals surface area contributed by atoms with E-state index >= 15 is 0 Å². The highest BCUT2D eigenvalue weighted by Gasteiger charge is 2.06. The van der Waals surface area contributed by atoms with Gasteiger partial charge in [-0.15, -0.1) is 0 Å². The molecule has 2 aromatic carbocycles. The Bertz CT molecular complexity index is 479. The van der Waals surface area contributed by atoms with E-state index in [1.165, 1.54) is 0 Å². The third-order valence-electron chi connectivity index (χ3n) is 2.14. The molecule has 0 atom stereocenters. The van der Waals surface area contributed by atoms with Gasteiger partial charge in [-0.2, -0.15) is 0 Å². The van der Waals surface area contributed by atoms with Crippen LogP contribution < -0.4 is 0 Å². The van der Waals surface area contributed by atoms with Gasteiger partial charge in [-0.1, -0.05) is 35.9 Å². The SMILES string of the molecule is Oc1c(Br)cccc1-c1ccc(Cl)cc1. The highest BCUT2D eigenvalue weighted by molar-refractivity contribution is 9.10. The summed E-state index contributed by atoms with van der Waals surface area (Å²) in [5.74, 6) is 0.250. The summed E-state index contributed by atoms with van der Waals surface area (Å²) >= 11 is 9.08. The van der Waals surface area contributed by atoms with Gasteiger partial charge < -0.3 is 5.11 Å². The molecular weight excluding hydrogens is 275 g/mol. The number of rotatable bonds is 1. The summed E-state index contributed by atoms with van der Waals surface area (Å²) in [4.78, 5) is 0. The van der Waals surface area contributed by atoms with Crippen LogP contribution in [0.2, 0.25) is 5.02 Å². The maximum Gasteiger partial charge on any atom is 0.137 e. The molecule has 3 heteroatoms. The van der Waals surface area contributed by atoms with Crippen LogP contribution in [0.15, 0.2) is 46.9 Å². The van der Waals surface area contributed by atoms with Crippen molar-refractivity contribution in [1.82, 2.24) is 0 Å². The lowest BCUT2D eigenvalue weighted by Gasteiger charge is -2.06. The Morgan fingerprint density at radius 2 is 1.67 bits per heavy atom. The highest BCUT2D eigenvalue weighted by atomic mass is 79.9. The Morgan fingerprint density at radius 3 is 2.33 bits per heavy atom. The average molecular weight is 284 g/mol. The Morgan fingerprint density at radius 1 is 1.00 bits per heavy atom. The molecule has 0 aromatic heterocycles. The Labute approximate surface area is 101 Å². The summed E-state index contributed by atoms with van der Waals surface area (Å²) in [5.41, 5.74) is 1.74. The van der Waals surface area contributed by atoms with Crippen LogP contribution in [-0.2, 0) is 0 Å². The molecule has 0 amide bonds. The number of para-hydroxylation sites is 1. The van der Waals surface area contributed by atoms with Crippen LogP contribution in [-0.4, -0.2) is 5.11 Å². The zero-order valence-corrected chi connectivity index (χ0v) is 10.1. The first-order valence-corrected chi connectivity index (χ1v) is 5.59. The summed E-state index contributed by atoms with van der Waals surface area (Å²) in [6.45, 7) is 0. The molecule has 0 unspecified atom stereocenters. The second kappa shape index (κ2) is 4.25. The van der Waals surface area contributed by atoms with E-state index in [0.717, 1.165) is 11.1 Å². The Hall–Kier alpha value is -0.990. The van der Waals surface area contributed by atoms with Crippen molar-refractivity contribution < 1.29 is 5.11 Å². The van der Waals surface area contributed by atoms with E-state index in [2.05, 4.69) is 15.9 Å². The zero-order chi connectivity index (χ0) is 10.8. The van der Waals surface area contributed by atoms with E-state index in [1.807, 2.05) is 24.3 Å². The van der Waals surface area contributed by atoms with E-state index in [9.17, 15) is 5.11 Å². The molecule has 76 valence electrons. The van der Waals surface area contributed by atoms with Gasteiger partial charge in [0.2, 0.25) is 0 Å². The van der Waals surface area contributed by atoms with Crippen molar-refractivity contribution in [3.8, 4) is 16.9 Å². The second-order valence-electron chi connectivity index (χ2n) is 3.14. The molecule has 0 spiro atoms. The van der Waals surface area contributed by atoms with Crippen molar-refractivity contribution >= 4 is 27.5 Å². The third kappa shape index (κ3) is 2.16. The number of benzene rings is 2. The van der Waals surface area contributed by atoms with Crippen LogP contribution in [0.1, 0.15) is 0 Å². The van der Waals surface area contributed by atoms with Gasteiger partial charge in [-0.05, 0) is 39.7 Å². The third-order valence-corrected chi connectivity index (χ3v) is 3.03. The van der Waals surface area contributed by atoms with Crippen LogP contribution in [0.4, 0.5) is 0 Å². The largest absolute Gasteiger partial charge is 0.506 e. The van der Waals surface area contributed by atoms with E-state index in [1.54, 1.807) is 18.2 Å². The smallest absolute Gasteiger partial charge is 0.137 e. The summed E-state index contributed by atoms with van der Waals surface area (Å²) in [6, 6.07) is 12.9. The molecule has 15 heavy (non-hydrogen) atoms.